The lowest BCUT2D eigenvalue weighted by molar-refractivity contribution is 0.0538. The van der Waals surface area contributed by atoms with Crippen LogP contribution in [0.1, 0.15) is 37.7 Å². The van der Waals surface area contributed by atoms with Crippen LogP contribution >= 0.6 is 22.9 Å². The topological polar surface area (TPSA) is 78.0 Å². The first-order chi connectivity index (χ1) is 14.8. The molecule has 0 atom stereocenters. The van der Waals surface area contributed by atoms with E-state index < -0.39 is 10.0 Å². The van der Waals surface area contributed by atoms with E-state index in [1.807, 2.05) is 19.1 Å². The summed E-state index contributed by atoms with van der Waals surface area (Å²) in [5.41, 5.74) is 0.176. The predicted molar refractivity (Wildman–Crippen MR) is 120 cm³/mol. The maximum absolute atomic E-state index is 13.1. The number of sulfonamides is 1. The number of hydrogen-bond acceptors (Lipinski definition) is 5. The van der Waals surface area contributed by atoms with Crippen molar-refractivity contribution < 1.29 is 18.0 Å². The summed E-state index contributed by atoms with van der Waals surface area (Å²) in [5, 5.41) is 0.220. The average molecular weight is 482 g/mol. The highest BCUT2D eigenvalue weighted by atomic mass is 35.5. The second kappa shape index (κ2) is 8.90. The van der Waals surface area contributed by atoms with E-state index in [1.165, 1.54) is 33.8 Å². The highest BCUT2D eigenvalue weighted by Crippen LogP contribution is 2.27. The molecule has 166 valence electrons. The van der Waals surface area contributed by atoms with Gasteiger partial charge in [0, 0.05) is 44.1 Å². The fourth-order valence-electron chi connectivity index (χ4n) is 3.89. The summed E-state index contributed by atoms with van der Waals surface area (Å²) in [6.07, 6.45) is 1.68. The number of amides is 2. The molecule has 2 aliphatic heterocycles. The minimum absolute atomic E-state index is 0.0260. The molecule has 4 rings (SSSR count). The van der Waals surface area contributed by atoms with Gasteiger partial charge < -0.3 is 9.80 Å². The molecular formula is C21H24ClN3O4S2. The fraction of sp³-hybridized carbons (Fsp3) is 0.429. The minimum atomic E-state index is -3.64. The Balaban J connectivity index is 1.47. The number of hydrogen-bond donors (Lipinski definition) is 0. The van der Waals surface area contributed by atoms with Gasteiger partial charge in [0.1, 0.15) is 0 Å². The molecule has 0 aliphatic carbocycles. The molecule has 1 aromatic carbocycles. The predicted octanol–water partition coefficient (Wildman–Crippen LogP) is 3.09. The summed E-state index contributed by atoms with van der Waals surface area (Å²) in [5.74, 6) is -0.343. The zero-order valence-electron chi connectivity index (χ0n) is 17.2. The average Bonchev–Trinajstić information content (AvgIpc) is 3.45. The zero-order chi connectivity index (χ0) is 22.2. The summed E-state index contributed by atoms with van der Waals surface area (Å²) >= 11 is 7.72. The fourth-order valence-corrected chi connectivity index (χ4v) is 6.47. The lowest BCUT2D eigenvalue weighted by atomic mass is 10.1. The van der Waals surface area contributed by atoms with Gasteiger partial charge in [-0.2, -0.15) is 4.31 Å². The molecule has 2 aliphatic rings. The second-order valence-corrected chi connectivity index (χ2v) is 11.4. The largest absolute Gasteiger partial charge is 0.335 e. The number of nitrogens with zero attached hydrogens (tertiary/aromatic N) is 3. The van der Waals surface area contributed by atoms with Gasteiger partial charge in [0.25, 0.3) is 11.8 Å². The Hall–Kier alpha value is -1.94. The first-order valence-electron chi connectivity index (χ1n) is 10.2. The standard InChI is InChI=1S/C21H24ClN3O4S2/c1-15-4-7-19(30-15)21(27)24-12-10-23(11-13-24)20(26)17-14-16(5-6-18(17)22)31(28,29)25-8-2-3-9-25/h4-7,14H,2-3,8-13H2,1H3. The molecule has 2 saturated heterocycles. The molecule has 3 heterocycles. The van der Waals surface area contributed by atoms with Gasteiger partial charge >= 0.3 is 0 Å². The zero-order valence-corrected chi connectivity index (χ0v) is 19.6. The Kier molecular flexibility index (Phi) is 6.39. The molecule has 7 nitrogen and oxygen atoms in total. The van der Waals surface area contributed by atoms with E-state index in [2.05, 4.69) is 0 Å². The Morgan fingerprint density at radius 2 is 1.52 bits per heavy atom. The van der Waals surface area contributed by atoms with Crippen molar-refractivity contribution in [3.63, 3.8) is 0 Å². The van der Waals surface area contributed by atoms with Crippen molar-refractivity contribution in [1.29, 1.82) is 0 Å². The SMILES string of the molecule is Cc1ccc(C(=O)N2CCN(C(=O)c3cc(S(=O)(=O)N4CCCC4)ccc3Cl)CC2)s1. The number of piperazine rings is 1. The number of rotatable bonds is 4. The quantitative estimate of drug-likeness (QED) is 0.672. The molecule has 10 heteroatoms. The van der Waals surface area contributed by atoms with Crippen LogP contribution in [0.3, 0.4) is 0 Å². The molecule has 0 bridgehead atoms. The van der Waals surface area contributed by atoms with E-state index in [4.69, 9.17) is 11.6 Å². The lowest BCUT2D eigenvalue weighted by Crippen LogP contribution is -2.50. The van der Waals surface area contributed by atoms with Gasteiger partial charge in [0.05, 0.1) is 20.4 Å². The third-order valence-corrected chi connectivity index (χ3v) is 8.89. The van der Waals surface area contributed by atoms with E-state index in [0.29, 0.717) is 44.1 Å². The van der Waals surface area contributed by atoms with E-state index in [0.717, 1.165) is 17.7 Å². The van der Waals surface area contributed by atoms with Crippen LogP contribution in [0.15, 0.2) is 35.2 Å². The van der Waals surface area contributed by atoms with Crippen LogP contribution in [0.25, 0.3) is 0 Å². The summed E-state index contributed by atoms with van der Waals surface area (Å²) in [6, 6.07) is 8.04. The normalized spacial score (nSPS) is 17.9. The molecule has 1 aromatic heterocycles. The molecule has 2 aromatic rings. The van der Waals surface area contributed by atoms with Crippen LogP contribution in [0.4, 0.5) is 0 Å². The van der Waals surface area contributed by atoms with Crippen molar-refractivity contribution in [2.24, 2.45) is 0 Å². The van der Waals surface area contributed by atoms with E-state index in [1.54, 1.807) is 9.80 Å². The maximum atomic E-state index is 13.1. The van der Waals surface area contributed by atoms with Crippen molar-refractivity contribution in [2.45, 2.75) is 24.7 Å². The Morgan fingerprint density at radius 3 is 2.10 bits per heavy atom. The second-order valence-electron chi connectivity index (χ2n) is 7.75. The van der Waals surface area contributed by atoms with Gasteiger partial charge in [-0.1, -0.05) is 11.6 Å². The summed E-state index contributed by atoms with van der Waals surface area (Å²) in [7, 11) is -3.64. The summed E-state index contributed by atoms with van der Waals surface area (Å²) in [4.78, 5) is 31.0. The monoisotopic (exact) mass is 481 g/mol. The van der Waals surface area contributed by atoms with E-state index in [9.17, 15) is 18.0 Å². The van der Waals surface area contributed by atoms with Gasteiger partial charge in [-0.05, 0) is 50.1 Å². The number of carbonyl (C=O) groups is 2. The van der Waals surface area contributed by atoms with Crippen molar-refractivity contribution in [1.82, 2.24) is 14.1 Å². The lowest BCUT2D eigenvalue weighted by Gasteiger charge is -2.34. The van der Waals surface area contributed by atoms with Crippen LogP contribution in [-0.2, 0) is 10.0 Å². The Bertz CT molecular complexity index is 1100. The van der Waals surface area contributed by atoms with Gasteiger partial charge in [-0.25, -0.2) is 8.42 Å². The third kappa shape index (κ3) is 4.50. The van der Waals surface area contributed by atoms with Gasteiger partial charge in [-0.3, -0.25) is 9.59 Å². The van der Waals surface area contributed by atoms with Crippen molar-refractivity contribution in [3.05, 3.63) is 50.7 Å². The van der Waals surface area contributed by atoms with Crippen LogP contribution in [0.5, 0.6) is 0 Å². The molecule has 0 N–H and O–H groups in total. The molecule has 31 heavy (non-hydrogen) atoms. The molecule has 2 fully saturated rings. The van der Waals surface area contributed by atoms with E-state index in [-0.39, 0.29) is 27.3 Å². The molecule has 0 saturated carbocycles. The number of thiophene rings is 1. The van der Waals surface area contributed by atoms with Gasteiger partial charge in [0.2, 0.25) is 10.0 Å². The first-order valence-corrected chi connectivity index (χ1v) is 12.9. The summed E-state index contributed by atoms with van der Waals surface area (Å²) in [6.45, 7) is 4.53. The molecule has 0 spiro atoms. The summed E-state index contributed by atoms with van der Waals surface area (Å²) < 4.78 is 27.2. The number of carbonyl (C=O) groups excluding carboxylic acids is 2. The van der Waals surface area contributed by atoms with Crippen LogP contribution < -0.4 is 0 Å². The number of benzene rings is 1. The smallest absolute Gasteiger partial charge is 0.264 e. The van der Waals surface area contributed by atoms with Gasteiger partial charge in [-0.15, -0.1) is 11.3 Å². The highest BCUT2D eigenvalue weighted by molar-refractivity contribution is 7.89. The highest BCUT2D eigenvalue weighted by Gasteiger charge is 2.30. The number of aryl methyl sites for hydroxylation is 1. The van der Waals surface area contributed by atoms with Crippen LogP contribution in [0, 0.1) is 6.92 Å². The minimum Gasteiger partial charge on any atom is -0.335 e. The van der Waals surface area contributed by atoms with Crippen LogP contribution in [-0.4, -0.2) is 73.6 Å². The maximum Gasteiger partial charge on any atom is 0.264 e. The van der Waals surface area contributed by atoms with E-state index >= 15 is 0 Å². The van der Waals surface area contributed by atoms with Crippen molar-refractivity contribution in [3.8, 4) is 0 Å². The Labute approximate surface area is 191 Å². The first kappa shape index (κ1) is 22.3. The van der Waals surface area contributed by atoms with Crippen molar-refractivity contribution in [2.75, 3.05) is 39.3 Å². The third-order valence-electron chi connectivity index (χ3n) is 5.68. The number of halogens is 1. The molecular weight excluding hydrogens is 458 g/mol. The molecule has 0 radical (unpaired) electrons. The van der Waals surface area contributed by atoms with Crippen LogP contribution in [0.2, 0.25) is 5.02 Å². The Morgan fingerprint density at radius 1 is 0.903 bits per heavy atom. The molecule has 0 unspecified atom stereocenters. The molecule has 2 amide bonds. The van der Waals surface area contributed by atoms with Gasteiger partial charge in [0.15, 0.2) is 0 Å². The van der Waals surface area contributed by atoms with Crippen molar-refractivity contribution >= 4 is 44.8 Å².